The van der Waals surface area contributed by atoms with Gasteiger partial charge in [-0.15, -0.1) is 22.7 Å². The Balaban J connectivity index is 0.00000204. The molecular weight excluding hydrogens is 404 g/mol. The largest absolute Gasteiger partial charge is 0.486 e. The van der Waals surface area contributed by atoms with Gasteiger partial charge >= 0.3 is 5.97 Å². The number of aliphatic carboxylic acids is 1. The number of ether oxygens (including phenoxy) is 1. The maximum atomic E-state index is 11.0. The Morgan fingerprint density at radius 2 is 2.21 bits per heavy atom. The Morgan fingerprint density at radius 1 is 1.41 bits per heavy atom. The summed E-state index contributed by atoms with van der Waals surface area (Å²) in [6.07, 6.45) is 7.15. The van der Waals surface area contributed by atoms with E-state index >= 15 is 0 Å². The first-order valence-electron chi connectivity index (χ1n) is 9.45. The fourth-order valence-corrected chi connectivity index (χ4v) is 3.69. The molecule has 0 unspecified atom stereocenters. The maximum absolute atomic E-state index is 11.0. The zero-order valence-electron chi connectivity index (χ0n) is 17.1. The number of hydrogen-bond acceptors (Lipinski definition) is 6. The van der Waals surface area contributed by atoms with E-state index in [0.717, 1.165) is 10.8 Å². The van der Waals surface area contributed by atoms with Crippen molar-refractivity contribution in [3.8, 4) is 0 Å². The van der Waals surface area contributed by atoms with Crippen LogP contribution in [0.25, 0.3) is 6.08 Å². The van der Waals surface area contributed by atoms with E-state index in [1.54, 1.807) is 23.5 Å². The molecule has 0 saturated carbocycles. The van der Waals surface area contributed by atoms with Gasteiger partial charge in [-0.3, -0.25) is 4.79 Å². The molecule has 5 nitrogen and oxygen atoms in total. The minimum Gasteiger partial charge on any atom is -0.486 e. The van der Waals surface area contributed by atoms with E-state index in [1.807, 2.05) is 60.7 Å². The summed E-state index contributed by atoms with van der Waals surface area (Å²) in [7, 11) is 0. The third-order valence-electron chi connectivity index (χ3n) is 3.38. The Morgan fingerprint density at radius 3 is 2.83 bits per heavy atom. The lowest BCUT2D eigenvalue weighted by Gasteiger charge is -2.20. The van der Waals surface area contributed by atoms with Gasteiger partial charge in [0.25, 0.3) is 0 Å². The van der Waals surface area contributed by atoms with Gasteiger partial charge in [0.15, 0.2) is 10.9 Å². The first-order valence-corrected chi connectivity index (χ1v) is 11.2. The molecule has 0 atom stereocenters. The summed E-state index contributed by atoms with van der Waals surface area (Å²) in [5, 5.41) is 13.8. The molecule has 2 rings (SSSR count). The number of nitrogens with zero attached hydrogens (tertiary/aromatic N) is 2. The van der Waals surface area contributed by atoms with Gasteiger partial charge in [-0.2, -0.15) is 0 Å². The second kappa shape index (κ2) is 14.4. The number of aromatic nitrogens is 1. The molecule has 0 fully saturated rings. The lowest BCUT2D eigenvalue weighted by atomic mass is 10.3. The molecule has 2 aromatic rings. The van der Waals surface area contributed by atoms with Crippen LogP contribution in [0.3, 0.4) is 0 Å². The summed E-state index contributed by atoms with van der Waals surface area (Å²) in [4.78, 5) is 18.7. The lowest BCUT2D eigenvalue weighted by molar-refractivity contribution is -0.136. The van der Waals surface area contributed by atoms with Crippen LogP contribution < -0.4 is 4.90 Å². The highest BCUT2D eigenvalue weighted by molar-refractivity contribution is 7.13. The van der Waals surface area contributed by atoms with Gasteiger partial charge in [-0.1, -0.05) is 38.3 Å². The fourth-order valence-electron chi connectivity index (χ4n) is 2.15. The normalized spacial score (nSPS) is 9.90. The lowest BCUT2D eigenvalue weighted by Crippen LogP contribution is -2.25. The van der Waals surface area contributed by atoms with E-state index < -0.39 is 5.97 Å². The highest BCUT2D eigenvalue weighted by atomic mass is 32.1. The molecule has 2 aromatic heterocycles. The number of hydrogen-bond donors (Lipinski definition) is 1. The van der Waals surface area contributed by atoms with E-state index in [2.05, 4.69) is 17.3 Å². The van der Waals surface area contributed by atoms with Crippen molar-refractivity contribution in [2.75, 3.05) is 18.1 Å². The van der Waals surface area contributed by atoms with Crippen molar-refractivity contribution >= 4 is 39.9 Å². The third kappa shape index (κ3) is 9.43. The molecule has 29 heavy (non-hydrogen) atoms. The van der Waals surface area contributed by atoms with E-state index in [-0.39, 0.29) is 6.42 Å². The molecule has 0 bridgehead atoms. The molecule has 0 radical (unpaired) electrons. The van der Waals surface area contributed by atoms with Crippen LogP contribution in [0.15, 0.2) is 59.2 Å². The molecular formula is C22H28N2O3S2. The van der Waals surface area contributed by atoms with Crippen LogP contribution in [0.2, 0.25) is 0 Å². The van der Waals surface area contributed by atoms with Crippen LogP contribution in [-0.4, -0.2) is 29.2 Å². The number of carbonyl (C=O) groups is 1. The summed E-state index contributed by atoms with van der Waals surface area (Å²) >= 11 is 3.15. The molecule has 2 heterocycles. The number of anilines is 1. The Kier molecular flexibility index (Phi) is 12.1. The molecule has 7 heteroatoms. The highest BCUT2D eigenvalue weighted by Crippen LogP contribution is 2.24. The minimum absolute atomic E-state index is 0.0748. The summed E-state index contributed by atoms with van der Waals surface area (Å²) < 4.78 is 5.33. The number of rotatable bonds is 11. The van der Waals surface area contributed by atoms with Crippen LogP contribution in [0.4, 0.5) is 5.13 Å². The van der Waals surface area contributed by atoms with Gasteiger partial charge in [0.05, 0.1) is 25.3 Å². The fraction of sp³-hybridized carbons (Fsp3) is 0.318. The van der Waals surface area contributed by atoms with Crippen LogP contribution in [0.5, 0.6) is 0 Å². The molecule has 0 aliphatic carbocycles. The van der Waals surface area contributed by atoms with Crippen LogP contribution in [0.1, 0.15) is 37.8 Å². The molecule has 156 valence electrons. The average molecular weight is 433 g/mol. The zero-order chi connectivity index (χ0) is 21.5. The van der Waals surface area contributed by atoms with Crippen molar-refractivity contribution in [1.82, 2.24) is 4.98 Å². The molecule has 0 amide bonds. The quantitative estimate of drug-likeness (QED) is 0.269. The minimum atomic E-state index is -0.813. The Labute approximate surface area is 181 Å². The first kappa shape index (κ1) is 24.4. The predicted octanol–water partition coefficient (Wildman–Crippen LogP) is 5.99. The number of carboxylic acids is 1. The van der Waals surface area contributed by atoms with Gasteiger partial charge in [0.1, 0.15) is 0 Å². The van der Waals surface area contributed by atoms with Gasteiger partial charge in [0, 0.05) is 16.8 Å². The van der Waals surface area contributed by atoms with E-state index in [0.29, 0.717) is 25.5 Å². The molecule has 0 aliphatic heterocycles. The van der Waals surface area contributed by atoms with Crippen molar-refractivity contribution < 1.29 is 14.6 Å². The monoisotopic (exact) mass is 432 g/mol. The van der Waals surface area contributed by atoms with Gasteiger partial charge in [-0.05, 0) is 36.6 Å². The molecule has 0 spiro atoms. The van der Waals surface area contributed by atoms with Crippen molar-refractivity contribution in [2.24, 2.45) is 0 Å². The van der Waals surface area contributed by atoms with Crippen molar-refractivity contribution in [1.29, 1.82) is 0 Å². The van der Waals surface area contributed by atoms with Gasteiger partial charge in [0.2, 0.25) is 0 Å². The van der Waals surface area contributed by atoms with Crippen LogP contribution in [-0.2, 0) is 16.1 Å². The first-order chi connectivity index (χ1) is 14.1. The van der Waals surface area contributed by atoms with Crippen LogP contribution in [0, 0.1) is 0 Å². The van der Waals surface area contributed by atoms with Gasteiger partial charge < -0.3 is 14.7 Å². The average Bonchev–Trinajstić information content (AvgIpc) is 3.41. The maximum Gasteiger partial charge on any atom is 0.305 e. The van der Waals surface area contributed by atoms with E-state index in [1.165, 1.54) is 16.2 Å². The Hall–Kier alpha value is -2.60. The van der Waals surface area contributed by atoms with Crippen molar-refractivity contribution in [3.63, 3.8) is 0 Å². The number of thiophene rings is 1. The molecule has 0 aliphatic rings. The van der Waals surface area contributed by atoms with E-state index in [4.69, 9.17) is 9.84 Å². The SMILES string of the molecule is C=CC(=C=C/C=C/c1csc(N(CCC(=O)O)Cc2cccs2)n1)OCC.CC. The number of carboxylic acid groups (broad SMARTS) is 1. The summed E-state index contributed by atoms with van der Waals surface area (Å²) in [6.45, 7) is 11.2. The molecule has 0 aromatic carbocycles. The second-order valence-electron chi connectivity index (χ2n) is 5.37. The number of allylic oxidation sites excluding steroid dienone is 2. The van der Waals surface area contributed by atoms with Gasteiger partial charge in [-0.25, -0.2) is 4.98 Å². The van der Waals surface area contributed by atoms with Crippen molar-refractivity contribution in [3.05, 3.63) is 69.8 Å². The zero-order valence-corrected chi connectivity index (χ0v) is 18.8. The second-order valence-corrected chi connectivity index (χ2v) is 7.24. The summed E-state index contributed by atoms with van der Waals surface area (Å²) in [5.74, 6) is -0.219. The third-order valence-corrected chi connectivity index (χ3v) is 5.16. The summed E-state index contributed by atoms with van der Waals surface area (Å²) in [5.41, 5.74) is 3.81. The smallest absolute Gasteiger partial charge is 0.305 e. The molecule has 0 saturated heterocycles. The van der Waals surface area contributed by atoms with E-state index in [9.17, 15) is 4.79 Å². The Bertz CT molecular complexity index is 832. The topological polar surface area (TPSA) is 62.7 Å². The standard InChI is InChI=1S/C20H22N2O3S2.C2H6/c1-3-17(25-4-2)9-6-5-8-16-15-27-20(21-16)22(12-11-19(23)24)14-18-10-7-13-26-18;1-2/h3,5-8,10,13,15H,1,4,11-12,14H2,2H3,(H,23,24);1-2H3/b8-5+;. The van der Waals surface area contributed by atoms with Crippen molar-refractivity contribution in [2.45, 2.75) is 33.7 Å². The summed E-state index contributed by atoms with van der Waals surface area (Å²) in [6, 6.07) is 4.03. The highest BCUT2D eigenvalue weighted by Gasteiger charge is 2.13. The molecule has 1 N–H and O–H groups in total. The number of thiazole rings is 1. The predicted molar refractivity (Wildman–Crippen MR) is 124 cm³/mol. The van der Waals surface area contributed by atoms with Crippen LogP contribution >= 0.6 is 22.7 Å².